The van der Waals surface area contributed by atoms with Gasteiger partial charge in [0.2, 0.25) is 0 Å². The summed E-state index contributed by atoms with van der Waals surface area (Å²) in [5.41, 5.74) is 2.58. The van der Waals surface area contributed by atoms with Gasteiger partial charge in [-0.1, -0.05) is 29.8 Å². The number of rotatable bonds is 5. The molecule has 0 amide bonds. The fourth-order valence-corrected chi connectivity index (χ4v) is 4.03. The van der Waals surface area contributed by atoms with Gasteiger partial charge in [-0.25, -0.2) is 4.79 Å². The molecule has 0 saturated carbocycles. The molecule has 0 N–H and O–H groups in total. The Hall–Kier alpha value is -2.24. The Morgan fingerprint density at radius 2 is 1.96 bits per heavy atom. The first-order chi connectivity index (χ1) is 13.2. The molecule has 4 rings (SSSR count). The molecule has 0 radical (unpaired) electrons. The summed E-state index contributed by atoms with van der Waals surface area (Å²) in [6, 6.07) is 13.6. The topological polar surface area (TPSA) is 47.6 Å². The van der Waals surface area contributed by atoms with Gasteiger partial charge in [0, 0.05) is 36.3 Å². The molecule has 6 heteroatoms. The Morgan fingerprint density at radius 3 is 2.74 bits per heavy atom. The van der Waals surface area contributed by atoms with E-state index in [-0.39, 0.29) is 11.8 Å². The third kappa shape index (κ3) is 3.75. The number of benzene rings is 2. The molecule has 1 aromatic heterocycles. The zero-order chi connectivity index (χ0) is 18.8. The standard InChI is InChI=1S/C21H23ClN2O3/c1-2-26-19-6-4-3-5-15(19)14-23-11-9-17(10-12-23)24-18-13-16(22)7-8-20(18)27-21(24)25/h3-8,13,17H,2,9-12,14H2,1H3. The molecule has 3 aromatic rings. The van der Waals surface area contributed by atoms with Crippen LogP contribution in [0.4, 0.5) is 0 Å². The molecule has 1 aliphatic heterocycles. The number of para-hydroxylation sites is 1. The highest BCUT2D eigenvalue weighted by Crippen LogP contribution is 2.29. The number of nitrogens with zero attached hydrogens (tertiary/aromatic N) is 2. The first-order valence-corrected chi connectivity index (χ1v) is 9.77. The van der Waals surface area contributed by atoms with Crippen LogP contribution in [0.2, 0.25) is 5.02 Å². The SMILES string of the molecule is CCOc1ccccc1CN1CCC(n2c(=O)oc3ccc(Cl)cc32)CC1. The van der Waals surface area contributed by atoms with E-state index in [4.69, 9.17) is 20.8 Å². The molecule has 2 aromatic carbocycles. The molecule has 0 bridgehead atoms. The Labute approximate surface area is 163 Å². The summed E-state index contributed by atoms with van der Waals surface area (Å²) < 4.78 is 12.9. The summed E-state index contributed by atoms with van der Waals surface area (Å²) in [5.74, 6) is 0.654. The van der Waals surface area contributed by atoms with Gasteiger partial charge < -0.3 is 9.15 Å². The van der Waals surface area contributed by atoms with E-state index in [1.165, 1.54) is 5.56 Å². The van der Waals surface area contributed by atoms with Crippen molar-refractivity contribution in [1.82, 2.24) is 9.47 Å². The minimum atomic E-state index is -0.299. The van der Waals surface area contributed by atoms with Crippen LogP contribution in [0.1, 0.15) is 31.4 Å². The summed E-state index contributed by atoms with van der Waals surface area (Å²) in [4.78, 5) is 14.8. The molecule has 0 aliphatic carbocycles. The highest BCUT2D eigenvalue weighted by Gasteiger charge is 2.25. The van der Waals surface area contributed by atoms with Crippen LogP contribution in [0.15, 0.2) is 51.7 Å². The largest absolute Gasteiger partial charge is 0.494 e. The van der Waals surface area contributed by atoms with Crippen molar-refractivity contribution in [2.24, 2.45) is 0 Å². The van der Waals surface area contributed by atoms with Crippen molar-refractivity contribution in [2.45, 2.75) is 32.4 Å². The molecule has 1 saturated heterocycles. The average Bonchev–Trinajstić information content (AvgIpc) is 2.99. The van der Waals surface area contributed by atoms with Crippen molar-refractivity contribution >= 4 is 22.7 Å². The first kappa shape index (κ1) is 18.1. The zero-order valence-corrected chi connectivity index (χ0v) is 16.1. The van der Waals surface area contributed by atoms with Crippen LogP contribution < -0.4 is 10.5 Å². The Morgan fingerprint density at radius 1 is 1.19 bits per heavy atom. The lowest BCUT2D eigenvalue weighted by Gasteiger charge is -2.32. The number of halogens is 1. The fraction of sp³-hybridized carbons (Fsp3) is 0.381. The van der Waals surface area contributed by atoms with E-state index < -0.39 is 0 Å². The van der Waals surface area contributed by atoms with Gasteiger partial charge in [-0.15, -0.1) is 0 Å². The molecule has 0 spiro atoms. The summed E-state index contributed by atoms with van der Waals surface area (Å²) in [5, 5.41) is 0.613. The number of ether oxygens (including phenoxy) is 1. The molecule has 2 heterocycles. The van der Waals surface area contributed by atoms with E-state index in [0.717, 1.165) is 43.7 Å². The number of oxazole rings is 1. The third-order valence-electron chi connectivity index (χ3n) is 5.16. The smallest absolute Gasteiger partial charge is 0.420 e. The second-order valence-electron chi connectivity index (χ2n) is 6.90. The lowest BCUT2D eigenvalue weighted by Crippen LogP contribution is -2.36. The molecular weight excluding hydrogens is 364 g/mol. The lowest BCUT2D eigenvalue weighted by molar-refractivity contribution is 0.175. The van der Waals surface area contributed by atoms with Crippen molar-refractivity contribution in [2.75, 3.05) is 19.7 Å². The van der Waals surface area contributed by atoms with Gasteiger partial charge >= 0.3 is 5.76 Å². The van der Waals surface area contributed by atoms with Crippen molar-refractivity contribution in [1.29, 1.82) is 0 Å². The number of hydrogen-bond acceptors (Lipinski definition) is 4. The second kappa shape index (κ2) is 7.79. The maximum Gasteiger partial charge on any atom is 0.420 e. The predicted molar refractivity (Wildman–Crippen MR) is 107 cm³/mol. The molecule has 5 nitrogen and oxygen atoms in total. The van der Waals surface area contributed by atoms with Crippen molar-refractivity contribution in [3.8, 4) is 5.75 Å². The van der Waals surface area contributed by atoms with Crippen LogP contribution in [0.3, 0.4) is 0 Å². The molecule has 1 fully saturated rings. The van der Waals surface area contributed by atoms with E-state index in [9.17, 15) is 4.79 Å². The number of hydrogen-bond donors (Lipinski definition) is 0. The first-order valence-electron chi connectivity index (χ1n) is 9.39. The van der Waals surface area contributed by atoms with Crippen molar-refractivity contribution in [3.63, 3.8) is 0 Å². The van der Waals surface area contributed by atoms with Crippen LogP contribution in [0.25, 0.3) is 11.1 Å². The van der Waals surface area contributed by atoms with Gasteiger partial charge in [0.05, 0.1) is 12.1 Å². The maximum atomic E-state index is 12.4. The number of fused-ring (bicyclic) bond motifs is 1. The monoisotopic (exact) mass is 386 g/mol. The molecule has 1 aliphatic rings. The Kier molecular flexibility index (Phi) is 5.23. The maximum absolute atomic E-state index is 12.4. The minimum Gasteiger partial charge on any atom is -0.494 e. The van der Waals surface area contributed by atoms with Gasteiger partial charge in [0.1, 0.15) is 5.75 Å². The van der Waals surface area contributed by atoms with Gasteiger partial charge in [-0.3, -0.25) is 9.47 Å². The van der Waals surface area contributed by atoms with Crippen molar-refractivity contribution < 1.29 is 9.15 Å². The molecule has 0 unspecified atom stereocenters. The molecule has 27 heavy (non-hydrogen) atoms. The van der Waals surface area contributed by atoms with E-state index in [1.807, 2.05) is 31.2 Å². The van der Waals surface area contributed by atoms with E-state index in [2.05, 4.69) is 11.0 Å². The quantitative estimate of drug-likeness (QED) is 0.648. The molecule has 142 valence electrons. The van der Waals surface area contributed by atoms with Crippen LogP contribution in [0.5, 0.6) is 5.75 Å². The van der Waals surface area contributed by atoms with Gasteiger partial charge in [-0.2, -0.15) is 0 Å². The third-order valence-corrected chi connectivity index (χ3v) is 5.40. The van der Waals surface area contributed by atoms with E-state index in [1.54, 1.807) is 16.7 Å². The highest BCUT2D eigenvalue weighted by atomic mass is 35.5. The Balaban J connectivity index is 1.48. The van der Waals surface area contributed by atoms with E-state index in [0.29, 0.717) is 17.2 Å². The molecular formula is C21H23ClN2O3. The van der Waals surface area contributed by atoms with Crippen LogP contribution >= 0.6 is 11.6 Å². The highest BCUT2D eigenvalue weighted by molar-refractivity contribution is 6.31. The van der Waals surface area contributed by atoms with Gasteiger partial charge in [0.25, 0.3) is 0 Å². The Bertz CT molecular complexity index is 987. The lowest BCUT2D eigenvalue weighted by atomic mass is 10.0. The summed E-state index contributed by atoms with van der Waals surface area (Å²) in [6.45, 7) is 5.37. The van der Waals surface area contributed by atoms with Crippen LogP contribution in [0, 0.1) is 0 Å². The predicted octanol–water partition coefficient (Wildman–Crippen LogP) is 4.48. The van der Waals surface area contributed by atoms with E-state index >= 15 is 0 Å². The fourth-order valence-electron chi connectivity index (χ4n) is 3.86. The summed E-state index contributed by atoms with van der Waals surface area (Å²) >= 11 is 6.12. The second-order valence-corrected chi connectivity index (χ2v) is 7.33. The summed E-state index contributed by atoms with van der Waals surface area (Å²) in [7, 11) is 0. The molecule has 0 atom stereocenters. The van der Waals surface area contributed by atoms with Crippen LogP contribution in [-0.4, -0.2) is 29.2 Å². The minimum absolute atomic E-state index is 0.135. The average molecular weight is 387 g/mol. The number of aromatic nitrogens is 1. The van der Waals surface area contributed by atoms with Gasteiger partial charge in [0.15, 0.2) is 5.58 Å². The van der Waals surface area contributed by atoms with Crippen molar-refractivity contribution in [3.05, 3.63) is 63.6 Å². The zero-order valence-electron chi connectivity index (χ0n) is 15.4. The van der Waals surface area contributed by atoms with Gasteiger partial charge in [-0.05, 0) is 44.0 Å². The normalized spacial score (nSPS) is 16.1. The summed E-state index contributed by atoms with van der Waals surface area (Å²) in [6.07, 6.45) is 1.80. The van der Waals surface area contributed by atoms with Crippen LogP contribution in [-0.2, 0) is 6.54 Å². The number of piperidine rings is 1. The number of likely N-dealkylation sites (tertiary alicyclic amines) is 1.